The lowest BCUT2D eigenvalue weighted by atomic mass is 10.2. The molecular formula is C14H21BrN2O4S. The van der Waals surface area contributed by atoms with E-state index >= 15 is 0 Å². The van der Waals surface area contributed by atoms with E-state index < -0.39 is 10.0 Å². The molecule has 1 aromatic carbocycles. The fourth-order valence-electron chi connectivity index (χ4n) is 2.72. The van der Waals surface area contributed by atoms with Crippen LogP contribution in [-0.2, 0) is 10.0 Å². The van der Waals surface area contributed by atoms with Crippen molar-refractivity contribution in [3.05, 3.63) is 16.6 Å². The summed E-state index contributed by atoms with van der Waals surface area (Å²) >= 11 is 3.34. The largest absolute Gasteiger partial charge is 0.493 e. The zero-order valence-corrected chi connectivity index (χ0v) is 15.3. The second kappa shape index (κ2) is 7.16. The van der Waals surface area contributed by atoms with Gasteiger partial charge in [0.25, 0.3) is 0 Å². The normalized spacial score (nSPS) is 19.4. The van der Waals surface area contributed by atoms with Crippen LogP contribution < -0.4 is 14.8 Å². The second-order valence-corrected chi connectivity index (χ2v) is 7.82. The lowest BCUT2D eigenvalue weighted by Gasteiger charge is -2.25. The fraction of sp³-hybridized carbons (Fsp3) is 0.571. The smallest absolute Gasteiger partial charge is 0.244 e. The molecule has 124 valence electrons. The Morgan fingerprint density at radius 3 is 2.55 bits per heavy atom. The number of sulfonamides is 1. The van der Waals surface area contributed by atoms with Crippen molar-refractivity contribution < 1.29 is 17.9 Å². The summed E-state index contributed by atoms with van der Waals surface area (Å²) in [7, 11) is 1.25. The van der Waals surface area contributed by atoms with Crippen LogP contribution in [0.1, 0.15) is 12.8 Å². The number of hydrogen-bond donors (Lipinski definition) is 1. The Hall–Kier alpha value is -0.830. The maximum absolute atomic E-state index is 13.0. The predicted molar refractivity (Wildman–Crippen MR) is 88.1 cm³/mol. The molecule has 22 heavy (non-hydrogen) atoms. The van der Waals surface area contributed by atoms with Crippen molar-refractivity contribution in [3.63, 3.8) is 0 Å². The summed E-state index contributed by atoms with van der Waals surface area (Å²) in [6.07, 6.45) is 1.74. The molecule has 8 heteroatoms. The van der Waals surface area contributed by atoms with Gasteiger partial charge in [-0.1, -0.05) is 0 Å². The van der Waals surface area contributed by atoms with Gasteiger partial charge in [-0.15, -0.1) is 0 Å². The molecule has 6 nitrogen and oxygen atoms in total. The summed E-state index contributed by atoms with van der Waals surface area (Å²) in [5, 5.41) is 3.06. The van der Waals surface area contributed by atoms with Crippen LogP contribution in [0.4, 0.5) is 0 Å². The van der Waals surface area contributed by atoms with E-state index in [0.717, 1.165) is 12.8 Å². The van der Waals surface area contributed by atoms with Crippen molar-refractivity contribution in [3.8, 4) is 11.5 Å². The third-order valence-electron chi connectivity index (χ3n) is 3.79. The van der Waals surface area contributed by atoms with Crippen molar-refractivity contribution in [2.24, 2.45) is 0 Å². The molecule has 1 saturated heterocycles. The first-order valence-corrected chi connectivity index (χ1v) is 9.27. The lowest BCUT2D eigenvalue weighted by Crippen LogP contribution is -2.40. The van der Waals surface area contributed by atoms with Gasteiger partial charge in [-0.05, 0) is 41.9 Å². The van der Waals surface area contributed by atoms with E-state index in [2.05, 4.69) is 21.2 Å². The molecule has 1 aliphatic rings. The second-order valence-electron chi connectivity index (χ2n) is 5.11. The number of halogens is 1. The standard InChI is InChI=1S/C14H21BrN2O4S/c1-16-9-10-5-4-6-17(10)22(18,19)14-8-13(21-3)12(20-2)7-11(14)15/h7-8,10,16H,4-6,9H2,1-3H3/t10-/m1/s1. The number of nitrogens with one attached hydrogen (secondary N) is 1. The Labute approximate surface area is 140 Å². The molecule has 0 unspecified atom stereocenters. The molecule has 1 heterocycles. The molecule has 0 aromatic heterocycles. The highest BCUT2D eigenvalue weighted by Crippen LogP contribution is 2.38. The lowest BCUT2D eigenvalue weighted by molar-refractivity contribution is 0.352. The summed E-state index contributed by atoms with van der Waals surface area (Å²) in [5.41, 5.74) is 0. The average Bonchev–Trinajstić information content (AvgIpc) is 2.96. The first-order valence-electron chi connectivity index (χ1n) is 7.03. The molecule has 0 amide bonds. The molecule has 0 radical (unpaired) electrons. The predicted octanol–water partition coefficient (Wildman–Crippen LogP) is 1.84. The number of rotatable bonds is 6. The molecule has 0 aliphatic carbocycles. The van der Waals surface area contributed by atoms with Gasteiger partial charge in [0.2, 0.25) is 10.0 Å². The van der Waals surface area contributed by atoms with Gasteiger partial charge in [-0.25, -0.2) is 8.42 Å². The molecule has 2 rings (SSSR count). The maximum atomic E-state index is 13.0. The van der Waals surface area contributed by atoms with Crippen molar-refractivity contribution in [2.45, 2.75) is 23.8 Å². The fourth-order valence-corrected chi connectivity index (χ4v) is 5.42. The van der Waals surface area contributed by atoms with Gasteiger partial charge in [0, 0.05) is 29.7 Å². The van der Waals surface area contributed by atoms with Crippen LogP contribution >= 0.6 is 15.9 Å². The van der Waals surface area contributed by atoms with Crippen LogP contribution in [0.5, 0.6) is 11.5 Å². The van der Waals surface area contributed by atoms with Crippen LogP contribution in [-0.4, -0.2) is 53.1 Å². The summed E-state index contributed by atoms with van der Waals surface area (Å²) in [6, 6.07) is 3.11. The van der Waals surface area contributed by atoms with Crippen molar-refractivity contribution in [2.75, 3.05) is 34.4 Å². The Kier molecular flexibility index (Phi) is 5.70. The first kappa shape index (κ1) is 17.5. The zero-order valence-electron chi connectivity index (χ0n) is 12.9. The third-order valence-corrected chi connectivity index (χ3v) is 6.70. The van der Waals surface area contributed by atoms with E-state index in [1.807, 2.05) is 7.05 Å². The minimum Gasteiger partial charge on any atom is -0.493 e. The Balaban J connectivity index is 2.45. The van der Waals surface area contributed by atoms with E-state index in [1.54, 1.807) is 10.4 Å². The molecule has 0 bridgehead atoms. The van der Waals surface area contributed by atoms with Crippen molar-refractivity contribution in [1.82, 2.24) is 9.62 Å². The van der Waals surface area contributed by atoms with Gasteiger partial charge in [0.05, 0.1) is 14.2 Å². The molecule has 1 N–H and O–H groups in total. The van der Waals surface area contributed by atoms with Crippen LogP contribution in [0.25, 0.3) is 0 Å². The minimum absolute atomic E-state index is 0.0185. The van der Waals surface area contributed by atoms with Crippen LogP contribution in [0.2, 0.25) is 0 Å². The highest BCUT2D eigenvalue weighted by atomic mass is 79.9. The Bertz CT molecular complexity index is 636. The van der Waals surface area contributed by atoms with Crippen LogP contribution in [0, 0.1) is 0 Å². The monoisotopic (exact) mass is 392 g/mol. The number of nitrogens with zero attached hydrogens (tertiary/aromatic N) is 1. The first-order chi connectivity index (χ1) is 10.5. The maximum Gasteiger partial charge on any atom is 0.244 e. The van der Waals surface area contributed by atoms with E-state index in [0.29, 0.717) is 29.1 Å². The number of hydrogen-bond acceptors (Lipinski definition) is 5. The number of likely N-dealkylation sites (N-methyl/N-ethyl adjacent to an activating group) is 1. The third kappa shape index (κ3) is 3.24. The average molecular weight is 393 g/mol. The summed E-state index contributed by atoms with van der Waals surface area (Å²) in [5.74, 6) is 0.884. The van der Waals surface area contributed by atoms with Gasteiger partial charge in [0.1, 0.15) is 4.90 Å². The van der Waals surface area contributed by atoms with Gasteiger partial charge < -0.3 is 14.8 Å². The SMILES string of the molecule is CNC[C@H]1CCCN1S(=O)(=O)c1cc(OC)c(OC)cc1Br. The number of benzene rings is 1. The van der Waals surface area contributed by atoms with E-state index in [4.69, 9.17) is 9.47 Å². The van der Waals surface area contributed by atoms with Gasteiger partial charge >= 0.3 is 0 Å². The number of ether oxygens (including phenoxy) is 2. The van der Waals surface area contributed by atoms with E-state index in [1.165, 1.54) is 20.3 Å². The summed E-state index contributed by atoms with van der Waals surface area (Å²) < 4.78 is 38.4. The molecule has 1 fully saturated rings. The molecule has 0 saturated carbocycles. The molecular weight excluding hydrogens is 372 g/mol. The van der Waals surface area contributed by atoms with Crippen LogP contribution in [0.3, 0.4) is 0 Å². The van der Waals surface area contributed by atoms with Gasteiger partial charge in [-0.3, -0.25) is 0 Å². The van der Waals surface area contributed by atoms with E-state index in [-0.39, 0.29) is 10.9 Å². The summed E-state index contributed by atoms with van der Waals surface area (Å²) in [4.78, 5) is 0.202. The Morgan fingerprint density at radius 1 is 1.32 bits per heavy atom. The Morgan fingerprint density at radius 2 is 1.95 bits per heavy atom. The molecule has 1 atom stereocenters. The molecule has 1 aliphatic heterocycles. The number of methoxy groups -OCH3 is 2. The summed E-state index contributed by atoms with van der Waals surface area (Å²) in [6.45, 7) is 1.18. The highest BCUT2D eigenvalue weighted by Gasteiger charge is 2.36. The zero-order chi connectivity index (χ0) is 16.3. The quantitative estimate of drug-likeness (QED) is 0.799. The van der Waals surface area contributed by atoms with Gasteiger partial charge in [0.15, 0.2) is 11.5 Å². The highest BCUT2D eigenvalue weighted by molar-refractivity contribution is 9.10. The van der Waals surface area contributed by atoms with Crippen molar-refractivity contribution in [1.29, 1.82) is 0 Å². The van der Waals surface area contributed by atoms with Crippen molar-refractivity contribution >= 4 is 26.0 Å². The topological polar surface area (TPSA) is 67.9 Å². The van der Waals surface area contributed by atoms with Crippen LogP contribution in [0.15, 0.2) is 21.5 Å². The molecule has 1 aromatic rings. The minimum atomic E-state index is -3.59. The van der Waals surface area contributed by atoms with E-state index in [9.17, 15) is 8.42 Å². The molecule has 0 spiro atoms. The van der Waals surface area contributed by atoms with Gasteiger partial charge in [-0.2, -0.15) is 4.31 Å².